The van der Waals surface area contributed by atoms with Gasteiger partial charge in [-0.15, -0.1) is 11.3 Å². The number of rotatable bonds is 5. The Labute approximate surface area is 119 Å². The number of hydrogen-bond acceptors (Lipinski definition) is 5. The summed E-state index contributed by atoms with van der Waals surface area (Å²) in [5.41, 5.74) is 1.42. The Morgan fingerprint density at radius 3 is 3.00 bits per heavy atom. The van der Waals surface area contributed by atoms with E-state index in [4.69, 9.17) is 5.11 Å². The van der Waals surface area contributed by atoms with E-state index in [1.807, 2.05) is 17.2 Å². The molecule has 0 aliphatic heterocycles. The van der Waals surface area contributed by atoms with Gasteiger partial charge in [-0.1, -0.05) is 0 Å². The maximum atomic E-state index is 12.1. The van der Waals surface area contributed by atoms with Crippen LogP contribution in [0.25, 0.3) is 4.96 Å². The third-order valence-corrected chi connectivity index (χ3v) is 4.34. The van der Waals surface area contributed by atoms with E-state index in [2.05, 4.69) is 4.98 Å². The van der Waals surface area contributed by atoms with E-state index in [1.165, 1.54) is 17.4 Å². The summed E-state index contributed by atoms with van der Waals surface area (Å²) in [4.78, 5) is 30.0. The van der Waals surface area contributed by atoms with Crippen molar-refractivity contribution in [3.05, 3.63) is 33.2 Å². The van der Waals surface area contributed by atoms with Crippen molar-refractivity contribution in [3.8, 4) is 0 Å². The van der Waals surface area contributed by atoms with Crippen LogP contribution < -0.4 is 5.56 Å². The molecule has 3 rings (SSSR count). The minimum atomic E-state index is -0.846. The molecule has 0 radical (unpaired) electrons. The van der Waals surface area contributed by atoms with Crippen LogP contribution >= 0.6 is 11.3 Å². The molecule has 1 fully saturated rings. The van der Waals surface area contributed by atoms with Crippen molar-refractivity contribution < 1.29 is 9.90 Å². The second-order valence-corrected chi connectivity index (χ2v) is 5.95. The number of fused-ring (bicyclic) bond motifs is 1. The van der Waals surface area contributed by atoms with Crippen LogP contribution in [0.15, 0.2) is 16.2 Å². The maximum absolute atomic E-state index is 12.1. The molecular weight excluding hydrogens is 278 g/mol. The molecule has 1 aliphatic carbocycles. The Bertz CT molecular complexity index is 717. The molecule has 0 saturated heterocycles. The first kappa shape index (κ1) is 13.3. The predicted molar refractivity (Wildman–Crippen MR) is 75.1 cm³/mol. The molecule has 1 N–H and O–H groups in total. The van der Waals surface area contributed by atoms with E-state index in [0.29, 0.717) is 23.2 Å². The third kappa shape index (κ3) is 2.59. The molecule has 2 heterocycles. The molecule has 2 aromatic heterocycles. The predicted octanol–water partition coefficient (Wildman–Crippen LogP) is 1.11. The zero-order chi connectivity index (χ0) is 14.3. The van der Waals surface area contributed by atoms with Gasteiger partial charge in [-0.3, -0.25) is 18.9 Å². The van der Waals surface area contributed by atoms with Crippen molar-refractivity contribution in [2.45, 2.75) is 32.4 Å². The molecule has 1 aliphatic rings. The lowest BCUT2D eigenvalue weighted by molar-refractivity contribution is -0.138. The summed E-state index contributed by atoms with van der Waals surface area (Å²) in [6.45, 7) is 2.28. The summed E-state index contributed by atoms with van der Waals surface area (Å²) < 4.78 is 1.58. The number of aromatic nitrogens is 2. The summed E-state index contributed by atoms with van der Waals surface area (Å²) in [5, 5.41) is 10.8. The number of carboxylic acid groups (broad SMARTS) is 1. The summed E-state index contributed by atoms with van der Waals surface area (Å²) in [5.74, 6) is -0.846. The van der Waals surface area contributed by atoms with Crippen molar-refractivity contribution >= 4 is 22.3 Å². The number of aryl methyl sites for hydroxylation is 1. The van der Waals surface area contributed by atoms with Crippen LogP contribution in [0.2, 0.25) is 0 Å². The number of nitrogens with zero attached hydrogens (tertiary/aromatic N) is 3. The standard InChI is InChI=1S/C13H15N3O3S/c1-8-7-20-13-14-9(4-11(17)16(8)13)5-15(6-12(18)19)10-2-3-10/h4,7,10H,2-3,5-6H2,1H3,(H,18,19). The molecule has 1 saturated carbocycles. The summed E-state index contributed by atoms with van der Waals surface area (Å²) >= 11 is 1.42. The average Bonchev–Trinajstić information content (AvgIpc) is 3.13. The monoisotopic (exact) mass is 293 g/mol. The summed E-state index contributed by atoms with van der Waals surface area (Å²) in [6.07, 6.45) is 2.04. The van der Waals surface area contributed by atoms with Crippen LogP contribution in [0.1, 0.15) is 24.2 Å². The molecular formula is C13H15N3O3S. The minimum Gasteiger partial charge on any atom is -0.480 e. The first-order valence-corrected chi connectivity index (χ1v) is 7.35. The number of carboxylic acids is 1. The van der Waals surface area contributed by atoms with E-state index in [0.717, 1.165) is 18.5 Å². The summed E-state index contributed by atoms with van der Waals surface area (Å²) in [6, 6.07) is 1.82. The van der Waals surface area contributed by atoms with Gasteiger partial charge in [0.1, 0.15) is 0 Å². The van der Waals surface area contributed by atoms with Crippen molar-refractivity contribution in [2.75, 3.05) is 6.54 Å². The van der Waals surface area contributed by atoms with Crippen LogP contribution in [-0.2, 0) is 11.3 Å². The quantitative estimate of drug-likeness (QED) is 0.894. The van der Waals surface area contributed by atoms with E-state index >= 15 is 0 Å². The number of hydrogen-bond donors (Lipinski definition) is 1. The van der Waals surface area contributed by atoms with Gasteiger partial charge in [-0.05, 0) is 19.8 Å². The minimum absolute atomic E-state index is 0.00478. The molecule has 7 heteroatoms. The Balaban J connectivity index is 1.89. The first-order valence-electron chi connectivity index (χ1n) is 6.47. The van der Waals surface area contributed by atoms with E-state index < -0.39 is 5.97 Å². The smallest absolute Gasteiger partial charge is 0.317 e. The third-order valence-electron chi connectivity index (χ3n) is 3.40. The Hall–Kier alpha value is -1.73. The average molecular weight is 293 g/mol. The lowest BCUT2D eigenvalue weighted by atomic mass is 10.3. The molecule has 20 heavy (non-hydrogen) atoms. The van der Waals surface area contributed by atoms with Crippen LogP contribution in [-0.4, -0.2) is 37.9 Å². The van der Waals surface area contributed by atoms with Gasteiger partial charge in [-0.25, -0.2) is 4.98 Å². The van der Waals surface area contributed by atoms with Gasteiger partial charge in [-0.2, -0.15) is 0 Å². The highest BCUT2D eigenvalue weighted by Crippen LogP contribution is 2.27. The van der Waals surface area contributed by atoms with Gasteiger partial charge in [0.05, 0.1) is 12.2 Å². The molecule has 0 aromatic carbocycles. The maximum Gasteiger partial charge on any atom is 0.317 e. The van der Waals surface area contributed by atoms with E-state index in [1.54, 1.807) is 4.40 Å². The van der Waals surface area contributed by atoms with Gasteiger partial charge in [0, 0.05) is 29.7 Å². The van der Waals surface area contributed by atoms with Gasteiger partial charge >= 0.3 is 5.97 Å². The second kappa shape index (κ2) is 4.99. The lowest BCUT2D eigenvalue weighted by Crippen LogP contribution is -2.32. The van der Waals surface area contributed by atoms with E-state index in [-0.39, 0.29) is 12.1 Å². The fourth-order valence-electron chi connectivity index (χ4n) is 2.32. The zero-order valence-corrected chi connectivity index (χ0v) is 11.9. The Kier molecular flexibility index (Phi) is 3.31. The fraction of sp³-hybridized carbons (Fsp3) is 0.462. The molecule has 0 amide bonds. The van der Waals surface area contributed by atoms with Crippen LogP contribution in [0.4, 0.5) is 0 Å². The highest BCUT2D eigenvalue weighted by atomic mass is 32.1. The summed E-state index contributed by atoms with van der Waals surface area (Å²) in [7, 11) is 0. The lowest BCUT2D eigenvalue weighted by Gasteiger charge is -2.18. The molecule has 0 spiro atoms. The van der Waals surface area contributed by atoms with Crippen molar-refractivity contribution in [1.82, 2.24) is 14.3 Å². The van der Waals surface area contributed by atoms with Crippen molar-refractivity contribution in [2.24, 2.45) is 0 Å². The Morgan fingerprint density at radius 1 is 1.60 bits per heavy atom. The fourth-order valence-corrected chi connectivity index (χ4v) is 3.21. The second-order valence-electron chi connectivity index (χ2n) is 5.11. The van der Waals surface area contributed by atoms with Crippen molar-refractivity contribution in [3.63, 3.8) is 0 Å². The highest BCUT2D eigenvalue weighted by molar-refractivity contribution is 7.15. The van der Waals surface area contributed by atoms with Crippen molar-refractivity contribution in [1.29, 1.82) is 0 Å². The van der Waals surface area contributed by atoms with Gasteiger partial charge in [0.15, 0.2) is 4.96 Å². The van der Waals surface area contributed by atoms with E-state index in [9.17, 15) is 9.59 Å². The highest BCUT2D eigenvalue weighted by Gasteiger charge is 2.30. The SMILES string of the molecule is Cc1csc2nc(CN(CC(=O)O)C3CC3)cc(=O)n12. The molecule has 2 aromatic rings. The molecule has 0 atom stereocenters. The van der Waals surface area contributed by atoms with Crippen LogP contribution in [0.5, 0.6) is 0 Å². The molecule has 0 unspecified atom stereocenters. The molecule has 0 bridgehead atoms. The van der Waals surface area contributed by atoms with Gasteiger partial charge < -0.3 is 5.11 Å². The number of carbonyl (C=O) groups is 1. The Morgan fingerprint density at radius 2 is 2.35 bits per heavy atom. The van der Waals surface area contributed by atoms with Crippen LogP contribution in [0, 0.1) is 6.92 Å². The molecule has 106 valence electrons. The van der Waals surface area contributed by atoms with Crippen LogP contribution in [0.3, 0.4) is 0 Å². The topological polar surface area (TPSA) is 74.9 Å². The zero-order valence-electron chi connectivity index (χ0n) is 11.1. The largest absolute Gasteiger partial charge is 0.480 e. The first-order chi connectivity index (χ1) is 9.54. The molecule has 6 nitrogen and oxygen atoms in total. The van der Waals surface area contributed by atoms with Gasteiger partial charge in [0.25, 0.3) is 5.56 Å². The normalized spacial score (nSPS) is 15.1. The number of thiazole rings is 1. The van der Waals surface area contributed by atoms with Gasteiger partial charge in [0.2, 0.25) is 0 Å². The number of aliphatic carboxylic acids is 1.